The highest BCUT2D eigenvalue weighted by atomic mass is 16.2. The second-order valence-corrected chi connectivity index (χ2v) is 8.95. The number of likely N-dealkylation sites (tertiary alicyclic amines) is 1. The molecule has 0 bridgehead atoms. The number of aromatic amines is 1. The first-order chi connectivity index (χ1) is 15.6. The quantitative estimate of drug-likeness (QED) is 0.648. The van der Waals surface area contributed by atoms with Gasteiger partial charge in [0, 0.05) is 24.6 Å². The van der Waals surface area contributed by atoms with Gasteiger partial charge in [0.25, 0.3) is 5.56 Å². The normalized spacial score (nSPS) is 18.9. The number of fused-ring (bicyclic) bond motifs is 2. The summed E-state index contributed by atoms with van der Waals surface area (Å²) in [5, 5.41) is 3.36. The molecule has 0 radical (unpaired) electrons. The van der Waals surface area contributed by atoms with E-state index < -0.39 is 0 Å². The summed E-state index contributed by atoms with van der Waals surface area (Å²) in [5.74, 6) is 0.115. The maximum atomic E-state index is 13.1. The molecule has 1 aromatic carbocycles. The summed E-state index contributed by atoms with van der Waals surface area (Å²) < 4.78 is 1.60. The van der Waals surface area contributed by atoms with Crippen LogP contribution in [-0.2, 0) is 24.2 Å². The van der Waals surface area contributed by atoms with Crippen LogP contribution in [-0.4, -0.2) is 49.9 Å². The largest absolute Gasteiger partial charge is 0.336 e. The van der Waals surface area contributed by atoms with Crippen molar-refractivity contribution in [1.29, 1.82) is 0 Å². The first-order valence-electron chi connectivity index (χ1n) is 11.8. The van der Waals surface area contributed by atoms with Crippen molar-refractivity contribution in [1.82, 2.24) is 24.4 Å². The van der Waals surface area contributed by atoms with Gasteiger partial charge in [-0.3, -0.25) is 19.6 Å². The van der Waals surface area contributed by atoms with Crippen molar-refractivity contribution >= 4 is 11.6 Å². The molecule has 3 aromatic rings. The number of carbonyl (C=O) groups excluding carboxylic acids is 1. The Bertz CT molecular complexity index is 1170. The predicted octanol–water partition coefficient (Wildman–Crippen LogP) is 3.09. The van der Waals surface area contributed by atoms with Gasteiger partial charge in [0.05, 0.1) is 24.0 Å². The smallest absolute Gasteiger partial charge is 0.276 e. The minimum absolute atomic E-state index is 0.0199. The van der Waals surface area contributed by atoms with Crippen LogP contribution in [0.1, 0.15) is 61.2 Å². The van der Waals surface area contributed by atoms with E-state index >= 15 is 0 Å². The topological polar surface area (TPSA) is 73.7 Å². The van der Waals surface area contributed by atoms with Crippen LogP contribution in [0.4, 0.5) is 0 Å². The molecule has 2 aliphatic heterocycles. The van der Waals surface area contributed by atoms with E-state index in [-0.39, 0.29) is 11.5 Å². The predicted molar refractivity (Wildman–Crippen MR) is 124 cm³/mol. The monoisotopic (exact) mass is 433 g/mol. The van der Waals surface area contributed by atoms with Crippen LogP contribution in [0, 0.1) is 0 Å². The Morgan fingerprint density at radius 1 is 1.22 bits per heavy atom. The first-order valence-corrected chi connectivity index (χ1v) is 11.8. The summed E-state index contributed by atoms with van der Waals surface area (Å²) in [5.41, 5.74) is 4.57. The Hall–Kier alpha value is -2.93. The molecule has 1 unspecified atom stereocenters. The van der Waals surface area contributed by atoms with Gasteiger partial charge < -0.3 is 4.90 Å². The minimum atomic E-state index is -0.0199. The van der Waals surface area contributed by atoms with Gasteiger partial charge in [-0.15, -0.1) is 0 Å². The number of amides is 1. The van der Waals surface area contributed by atoms with Gasteiger partial charge in [-0.1, -0.05) is 37.3 Å². The molecule has 1 N–H and O–H groups in total. The molecule has 1 atom stereocenters. The van der Waals surface area contributed by atoms with E-state index in [1.54, 1.807) is 4.52 Å². The molecule has 32 heavy (non-hydrogen) atoms. The van der Waals surface area contributed by atoms with Crippen molar-refractivity contribution in [3.8, 4) is 0 Å². The molecule has 1 fully saturated rings. The second kappa shape index (κ2) is 8.90. The molecule has 7 nitrogen and oxygen atoms in total. The molecule has 1 amide bonds. The molecule has 2 aliphatic rings. The Morgan fingerprint density at radius 2 is 2.06 bits per heavy atom. The van der Waals surface area contributed by atoms with Crippen molar-refractivity contribution in [3.05, 3.63) is 69.3 Å². The van der Waals surface area contributed by atoms with Gasteiger partial charge in [-0.25, -0.2) is 9.50 Å². The number of nitrogens with one attached hydrogen (secondary N) is 1. The van der Waals surface area contributed by atoms with E-state index in [1.165, 1.54) is 5.56 Å². The number of hydrogen-bond donors (Lipinski definition) is 1. The van der Waals surface area contributed by atoms with Crippen LogP contribution in [0.25, 0.3) is 5.65 Å². The zero-order valence-electron chi connectivity index (χ0n) is 18.7. The number of carbonyl (C=O) groups is 1. The number of nitrogens with zero attached hydrogens (tertiary/aromatic N) is 4. The zero-order chi connectivity index (χ0) is 22.1. The third-order valence-corrected chi connectivity index (χ3v) is 6.92. The average Bonchev–Trinajstić information content (AvgIpc) is 3.46. The maximum Gasteiger partial charge on any atom is 0.276 e. The highest BCUT2D eigenvalue weighted by molar-refractivity contribution is 5.76. The summed E-state index contributed by atoms with van der Waals surface area (Å²) in [6.45, 7) is 5.02. The van der Waals surface area contributed by atoms with Crippen molar-refractivity contribution in [2.45, 2.75) is 58.0 Å². The summed E-state index contributed by atoms with van der Waals surface area (Å²) in [6.07, 6.45) is 5.50. The molecule has 168 valence electrons. The van der Waals surface area contributed by atoms with E-state index in [2.05, 4.69) is 40.3 Å². The van der Waals surface area contributed by atoms with Crippen LogP contribution in [0.2, 0.25) is 0 Å². The van der Waals surface area contributed by atoms with Gasteiger partial charge in [-0.2, -0.15) is 0 Å². The Balaban J connectivity index is 1.34. The third-order valence-electron chi connectivity index (χ3n) is 6.92. The fourth-order valence-corrected chi connectivity index (χ4v) is 5.20. The molecular weight excluding hydrogens is 402 g/mol. The minimum Gasteiger partial charge on any atom is -0.336 e. The number of hydrogen-bond acceptors (Lipinski definition) is 4. The lowest BCUT2D eigenvalue weighted by Crippen LogP contribution is -2.39. The van der Waals surface area contributed by atoms with Crippen LogP contribution in [0.15, 0.2) is 41.2 Å². The molecule has 1 saturated heterocycles. The van der Waals surface area contributed by atoms with Crippen LogP contribution >= 0.6 is 0 Å². The van der Waals surface area contributed by atoms with Crippen LogP contribution < -0.4 is 5.56 Å². The lowest BCUT2D eigenvalue weighted by molar-refractivity contribution is -0.131. The Kier molecular flexibility index (Phi) is 5.83. The summed E-state index contributed by atoms with van der Waals surface area (Å²) in [6, 6.07) is 13.0. The van der Waals surface area contributed by atoms with E-state index in [1.807, 2.05) is 17.9 Å². The number of H-pyrrole nitrogens is 1. The molecule has 0 saturated carbocycles. The highest BCUT2D eigenvalue weighted by Gasteiger charge is 2.29. The number of benzene rings is 1. The summed E-state index contributed by atoms with van der Waals surface area (Å²) >= 11 is 0. The van der Waals surface area contributed by atoms with Crippen molar-refractivity contribution < 1.29 is 4.79 Å². The number of aromatic nitrogens is 3. The summed E-state index contributed by atoms with van der Waals surface area (Å²) in [7, 11) is 0. The zero-order valence-corrected chi connectivity index (χ0v) is 18.7. The molecular formula is C25H31N5O2. The lowest BCUT2D eigenvalue weighted by atomic mass is 10.1. The fraction of sp³-hybridized carbons (Fsp3) is 0.480. The van der Waals surface area contributed by atoms with E-state index in [0.29, 0.717) is 37.6 Å². The number of rotatable bonds is 6. The molecule has 5 rings (SSSR count). The van der Waals surface area contributed by atoms with Crippen molar-refractivity contribution in [2.24, 2.45) is 0 Å². The Labute approximate surface area is 188 Å². The highest BCUT2D eigenvalue weighted by Crippen LogP contribution is 2.31. The molecule has 4 heterocycles. The SMILES string of the molecule is CCC(=O)N1CCc2c(nc3cc(C4CCCN4CCCc4ccccc4)[nH]n3c2=O)C1. The van der Waals surface area contributed by atoms with Gasteiger partial charge >= 0.3 is 0 Å². The van der Waals surface area contributed by atoms with Crippen molar-refractivity contribution in [2.75, 3.05) is 19.6 Å². The third kappa shape index (κ3) is 3.97. The van der Waals surface area contributed by atoms with Crippen molar-refractivity contribution in [3.63, 3.8) is 0 Å². The first kappa shape index (κ1) is 20.9. The summed E-state index contributed by atoms with van der Waals surface area (Å²) in [4.78, 5) is 34.4. The van der Waals surface area contributed by atoms with Gasteiger partial charge in [-0.05, 0) is 50.8 Å². The lowest BCUT2D eigenvalue weighted by Gasteiger charge is -2.27. The standard InChI is InChI=1S/C25H31N5O2/c1-2-24(31)29-15-12-19-21(17-29)26-23-16-20(27-30(23)25(19)32)22-11-7-14-28(22)13-6-10-18-8-4-3-5-9-18/h3-5,8-9,16,22,27H,2,6-7,10-15,17H2,1H3. The van der Waals surface area contributed by atoms with Crippen LogP contribution in [0.3, 0.4) is 0 Å². The molecule has 0 aliphatic carbocycles. The van der Waals surface area contributed by atoms with Gasteiger partial charge in [0.15, 0.2) is 5.65 Å². The molecule has 7 heteroatoms. The second-order valence-electron chi connectivity index (χ2n) is 8.95. The number of aryl methyl sites for hydroxylation is 1. The maximum absolute atomic E-state index is 13.1. The van der Waals surface area contributed by atoms with E-state index in [4.69, 9.17) is 4.98 Å². The average molecular weight is 434 g/mol. The van der Waals surface area contributed by atoms with E-state index in [0.717, 1.165) is 55.7 Å². The van der Waals surface area contributed by atoms with Gasteiger partial charge in [0.1, 0.15) is 0 Å². The Morgan fingerprint density at radius 3 is 2.88 bits per heavy atom. The molecule has 0 spiro atoms. The fourth-order valence-electron chi connectivity index (χ4n) is 5.20. The van der Waals surface area contributed by atoms with E-state index in [9.17, 15) is 9.59 Å². The van der Waals surface area contributed by atoms with Crippen LogP contribution in [0.5, 0.6) is 0 Å². The van der Waals surface area contributed by atoms with Gasteiger partial charge in [0.2, 0.25) is 5.91 Å². The molecule has 2 aromatic heterocycles.